The minimum Gasteiger partial charge on any atom is -0.411 e. The third kappa shape index (κ3) is 3.73. The zero-order valence-electron chi connectivity index (χ0n) is 15.7. The van der Waals surface area contributed by atoms with Crippen molar-refractivity contribution in [3.8, 4) is 11.5 Å². The van der Waals surface area contributed by atoms with Crippen LogP contribution >= 0.6 is 11.8 Å². The maximum Gasteiger partial charge on any atom is 0.277 e. The predicted molar refractivity (Wildman–Crippen MR) is 105 cm³/mol. The van der Waals surface area contributed by atoms with Crippen molar-refractivity contribution in [2.75, 3.05) is 0 Å². The average Bonchev–Trinajstić information content (AvgIpc) is 3.03. The molecule has 1 heterocycles. The monoisotopic (exact) mass is 366 g/mol. The molecule has 5 heteroatoms. The van der Waals surface area contributed by atoms with E-state index in [1.807, 2.05) is 45.0 Å². The SMILES string of the molecule is CC(=O)c1c(C)cc(C)c(CSc2nnc(-c3ccc(C)cc3)o2)c1C. The lowest BCUT2D eigenvalue weighted by Crippen LogP contribution is -2.05. The summed E-state index contributed by atoms with van der Waals surface area (Å²) in [6, 6.07) is 10.1. The number of rotatable bonds is 5. The lowest BCUT2D eigenvalue weighted by atomic mass is 9.92. The van der Waals surface area contributed by atoms with Crippen LogP contribution in [0.2, 0.25) is 0 Å². The van der Waals surface area contributed by atoms with Crippen LogP contribution in [-0.4, -0.2) is 16.0 Å². The summed E-state index contributed by atoms with van der Waals surface area (Å²) in [4.78, 5) is 12.0. The maximum atomic E-state index is 12.0. The fourth-order valence-corrected chi connectivity index (χ4v) is 4.15. The van der Waals surface area contributed by atoms with Gasteiger partial charge in [-0.2, -0.15) is 0 Å². The highest BCUT2D eigenvalue weighted by atomic mass is 32.2. The van der Waals surface area contributed by atoms with E-state index in [0.29, 0.717) is 16.9 Å². The summed E-state index contributed by atoms with van der Waals surface area (Å²) >= 11 is 1.50. The van der Waals surface area contributed by atoms with Gasteiger partial charge >= 0.3 is 0 Å². The van der Waals surface area contributed by atoms with Gasteiger partial charge in [-0.25, -0.2) is 0 Å². The molecule has 0 aliphatic heterocycles. The fourth-order valence-electron chi connectivity index (χ4n) is 3.21. The van der Waals surface area contributed by atoms with E-state index >= 15 is 0 Å². The van der Waals surface area contributed by atoms with Crippen molar-refractivity contribution in [1.29, 1.82) is 0 Å². The smallest absolute Gasteiger partial charge is 0.277 e. The number of nitrogens with zero attached hydrogens (tertiary/aromatic N) is 2. The second-order valence-electron chi connectivity index (χ2n) is 6.57. The molecule has 0 aliphatic carbocycles. The van der Waals surface area contributed by atoms with Crippen molar-refractivity contribution in [2.45, 2.75) is 45.6 Å². The normalized spacial score (nSPS) is 11.0. The lowest BCUT2D eigenvalue weighted by Gasteiger charge is -2.15. The summed E-state index contributed by atoms with van der Waals surface area (Å²) in [6.45, 7) is 9.73. The molecule has 1 aromatic heterocycles. The van der Waals surface area contributed by atoms with Crippen LogP contribution in [0.25, 0.3) is 11.5 Å². The molecular weight excluding hydrogens is 344 g/mol. The van der Waals surface area contributed by atoms with Crippen molar-refractivity contribution < 1.29 is 9.21 Å². The first-order chi connectivity index (χ1) is 12.4. The molecule has 2 aromatic carbocycles. The summed E-state index contributed by atoms with van der Waals surface area (Å²) < 4.78 is 5.79. The van der Waals surface area contributed by atoms with Crippen molar-refractivity contribution >= 4 is 17.5 Å². The number of hydrogen-bond acceptors (Lipinski definition) is 5. The van der Waals surface area contributed by atoms with E-state index in [9.17, 15) is 4.79 Å². The van der Waals surface area contributed by atoms with E-state index in [1.54, 1.807) is 6.92 Å². The highest BCUT2D eigenvalue weighted by molar-refractivity contribution is 7.98. The number of hydrogen-bond donors (Lipinski definition) is 0. The Labute approximate surface area is 158 Å². The molecule has 3 rings (SSSR count). The van der Waals surface area contributed by atoms with E-state index in [2.05, 4.69) is 23.2 Å². The van der Waals surface area contributed by atoms with Gasteiger partial charge in [-0.3, -0.25) is 4.79 Å². The third-order valence-electron chi connectivity index (χ3n) is 4.53. The number of ketones is 1. The standard InChI is InChI=1S/C21H22N2O2S/c1-12-6-8-17(9-7-12)20-22-23-21(25-20)26-11-18-13(2)10-14(3)19(15(18)4)16(5)24/h6-10H,11H2,1-5H3. The Hall–Kier alpha value is -2.40. The van der Waals surface area contributed by atoms with Gasteiger partial charge in [0.15, 0.2) is 5.78 Å². The van der Waals surface area contributed by atoms with Gasteiger partial charge in [0, 0.05) is 16.9 Å². The first kappa shape index (κ1) is 18.4. The van der Waals surface area contributed by atoms with Crippen LogP contribution in [0.3, 0.4) is 0 Å². The van der Waals surface area contributed by atoms with Gasteiger partial charge in [-0.15, -0.1) is 10.2 Å². The molecule has 0 atom stereocenters. The number of aryl methyl sites for hydroxylation is 3. The molecule has 0 saturated heterocycles. The van der Waals surface area contributed by atoms with E-state index in [4.69, 9.17) is 4.42 Å². The van der Waals surface area contributed by atoms with Crippen molar-refractivity contribution in [1.82, 2.24) is 10.2 Å². The second-order valence-corrected chi connectivity index (χ2v) is 7.50. The molecule has 3 aromatic rings. The molecule has 0 fully saturated rings. The van der Waals surface area contributed by atoms with Crippen LogP contribution in [0.1, 0.15) is 45.1 Å². The first-order valence-electron chi connectivity index (χ1n) is 8.50. The second kappa shape index (κ2) is 7.46. The van der Waals surface area contributed by atoms with Gasteiger partial charge in [-0.1, -0.05) is 35.5 Å². The highest BCUT2D eigenvalue weighted by Gasteiger charge is 2.16. The number of Topliss-reactive ketones (excluding diaryl/α,β-unsaturated/α-hetero) is 1. The molecule has 0 amide bonds. The summed E-state index contributed by atoms with van der Waals surface area (Å²) in [6.07, 6.45) is 0. The molecule has 0 radical (unpaired) electrons. The minimum atomic E-state index is 0.102. The van der Waals surface area contributed by atoms with Crippen molar-refractivity contribution in [2.24, 2.45) is 0 Å². The number of carbonyl (C=O) groups is 1. The van der Waals surface area contributed by atoms with Crippen LogP contribution in [0.4, 0.5) is 0 Å². The molecule has 0 bridgehead atoms. The zero-order valence-corrected chi connectivity index (χ0v) is 16.5. The molecule has 0 spiro atoms. The molecule has 0 unspecified atom stereocenters. The van der Waals surface area contributed by atoms with Crippen LogP contribution in [-0.2, 0) is 5.75 Å². The van der Waals surface area contributed by atoms with Crippen LogP contribution in [0.15, 0.2) is 40.0 Å². The van der Waals surface area contributed by atoms with Gasteiger partial charge in [0.2, 0.25) is 5.89 Å². The molecule has 4 nitrogen and oxygen atoms in total. The van der Waals surface area contributed by atoms with Gasteiger partial charge < -0.3 is 4.42 Å². The van der Waals surface area contributed by atoms with Crippen LogP contribution in [0, 0.1) is 27.7 Å². The van der Waals surface area contributed by atoms with Crippen molar-refractivity contribution in [3.63, 3.8) is 0 Å². The predicted octanol–water partition coefficient (Wildman–Crippen LogP) is 5.47. The Morgan fingerprint density at radius 1 is 1.04 bits per heavy atom. The number of aromatic nitrogens is 2. The van der Waals surface area contributed by atoms with Crippen LogP contribution < -0.4 is 0 Å². The lowest BCUT2D eigenvalue weighted by molar-refractivity contribution is 0.101. The summed E-state index contributed by atoms with van der Waals surface area (Å²) in [5.74, 6) is 1.31. The van der Waals surface area contributed by atoms with Gasteiger partial charge in [0.25, 0.3) is 5.22 Å². The molecule has 0 N–H and O–H groups in total. The van der Waals surface area contributed by atoms with E-state index in [-0.39, 0.29) is 5.78 Å². The molecule has 134 valence electrons. The van der Waals surface area contributed by atoms with Gasteiger partial charge in [0.05, 0.1) is 0 Å². The van der Waals surface area contributed by atoms with E-state index < -0.39 is 0 Å². The Balaban J connectivity index is 1.81. The van der Waals surface area contributed by atoms with Crippen molar-refractivity contribution in [3.05, 3.63) is 63.7 Å². The third-order valence-corrected chi connectivity index (χ3v) is 5.37. The molecule has 0 aliphatic rings. The fraction of sp³-hybridized carbons (Fsp3) is 0.286. The highest BCUT2D eigenvalue weighted by Crippen LogP contribution is 2.30. The molecule has 26 heavy (non-hydrogen) atoms. The Kier molecular flexibility index (Phi) is 5.28. The number of carbonyl (C=O) groups excluding carboxylic acids is 1. The van der Waals surface area contributed by atoms with Gasteiger partial charge in [0.1, 0.15) is 0 Å². The quantitative estimate of drug-likeness (QED) is 0.443. The largest absolute Gasteiger partial charge is 0.411 e. The Morgan fingerprint density at radius 3 is 2.38 bits per heavy atom. The average molecular weight is 366 g/mol. The number of thioether (sulfide) groups is 1. The summed E-state index contributed by atoms with van der Waals surface area (Å²) in [5.41, 5.74) is 7.32. The molecule has 0 saturated carbocycles. The molecular formula is C21H22N2O2S. The summed E-state index contributed by atoms with van der Waals surface area (Å²) in [7, 11) is 0. The zero-order chi connectivity index (χ0) is 18.8. The maximum absolute atomic E-state index is 12.0. The Morgan fingerprint density at radius 2 is 1.73 bits per heavy atom. The van der Waals surface area contributed by atoms with E-state index in [1.165, 1.54) is 22.9 Å². The Bertz CT molecular complexity index is 959. The van der Waals surface area contributed by atoms with Crippen LogP contribution in [0.5, 0.6) is 0 Å². The topological polar surface area (TPSA) is 56.0 Å². The first-order valence-corrected chi connectivity index (χ1v) is 9.49. The van der Waals surface area contributed by atoms with Gasteiger partial charge in [-0.05, 0) is 69.0 Å². The number of benzene rings is 2. The van der Waals surface area contributed by atoms with E-state index in [0.717, 1.165) is 27.8 Å². The minimum absolute atomic E-state index is 0.102. The summed E-state index contributed by atoms with van der Waals surface area (Å²) in [5, 5.41) is 8.82.